The summed E-state index contributed by atoms with van der Waals surface area (Å²) in [6, 6.07) is 4.23. The summed E-state index contributed by atoms with van der Waals surface area (Å²) in [5.41, 5.74) is 0.184. The zero-order valence-electron chi connectivity index (χ0n) is 11.2. The first-order chi connectivity index (χ1) is 10.2. The second-order valence-electron chi connectivity index (χ2n) is 5.14. The highest BCUT2D eigenvalue weighted by atomic mass is 19.4. The number of alkyl halides is 5. The molecule has 1 aromatic heterocycles. The molecule has 0 amide bonds. The van der Waals surface area contributed by atoms with Gasteiger partial charge in [-0.15, -0.1) is 0 Å². The zero-order chi connectivity index (χ0) is 16.0. The smallest absolute Gasteiger partial charge is 0.408 e. The molecule has 0 bridgehead atoms. The molecule has 0 saturated carbocycles. The van der Waals surface area contributed by atoms with Gasteiger partial charge in [0.05, 0.1) is 18.3 Å². The average Bonchev–Trinajstić information content (AvgIpc) is 2.93. The molecule has 1 atom stereocenters. The first kappa shape index (κ1) is 15.0. The van der Waals surface area contributed by atoms with Gasteiger partial charge in [-0.2, -0.15) is 18.3 Å². The molecule has 4 nitrogen and oxygen atoms in total. The first-order valence-corrected chi connectivity index (χ1v) is 6.52. The Bertz CT molecular complexity index is 682. The third-order valence-corrected chi connectivity index (χ3v) is 3.39. The Morgan fingerprint density at radius 3 is 2.77 bits per heavy atom. The first-order valence-electron chi connectivity index (χ1n) is 6.52. The number of fused-ring (bicyclic) bond motifs is 1. The molecule has 1 aromatic carbocycles. The minimum atomic E-state index is -4.42. The monoisotopic (exact) mass is 321 g/mol. The van der Waals surface area contributed by atoms with E-state index in [9.17, 15) is 22.0 Å². The lowest BCUT2D eigenvalue weighted by atomic mass is 10.2. The van der Waals surface area contributed by atoms with Crippen molar-refractivity contribution in [3.63, 3.8) is 0 Å². The number of ether oxygens (including phenoxy) is 1. The van der Waals surface area contributed by atoms with E-state index in [-0.39, 0.29) is 17.8 Å². The van der Waals surface area contributed by atoms with Crippen LogP contribution in [0.25, 0.3) is 10.9 Å². The molecule has 0 radical (unpaired) electrons. The summed E-state index contributed by atoms with van der Waals surface area (Å²) in [6.45, 7) is -1.75. The summed E-state index contributed by atoms with van der Waals surface area (Å²) in [5, 5.41) is 6.66. The Morgan fingerprint density at radius 1 is 1.36 bits per heavy atom. The summed E-state index contributed by atoms with van der Waals surface area (Å²) in [7, 11) is 0. The van der Waals surface area contributed by atoms with Crippen molar-refractivity contribution in [2.45, 2.75) is 24.7 Å². The van der Waals surface area contributed by atoms with E-state index in [0.29, 0.717) is 5.39 Å². The number of rotatable bonds is 3. The highest BCUT2D eigenvalue weighted by Gasteiger charge is 2.46. The highest BCUT2D eigenvalue weighted by Crippen LogP contribution is 2.29. The Morgan fingerprint density at radius 2 is 2.14 bits per heavy atom. The number of hydrogen-bond donors (Lipinski definition) is 1. The zero-order valence-corrected chi connectivity index (χ0v) is 11.2. The highest BCUT2D eigenvalue weighted by molar-refractivity contribution is 5.80. The molecule has 9 heteroatoms. The third kappa shape index (κ3) is 2.99. The molecule has 1 aliphatic rings. The molecule has 1 unspecified atom stereocenters. The fraction of sp³-hybridized carbons (Fsp3) is 0.462. The molecule has 1 fully saturated rings. The van der Waals surface area contributed by atoms with Crippen LogP contribution >= 0.6 is 0 Å². The SMILES string of the molecule is FC(F)(F)Cn1ncc2ccc(OC3CNCC3(F)F)cc21. The second kappa shape index (κ2) is 5.08. The quantitative estimate of drug-likeness (QED) is 0.883. The van der Waals surface area contributed by atoms with Gasteiger partial charge in [0.2, 0.25) is 0 Å². The molecule has 1 N–H and O–H groups in total. The number of benzene rings is 1. The topological polar surface area (TPSA) is 39.1 Å². The fourth-order valence-corrected chi connectivity index (χ4v) is 2.34. The van der Waals surface area contributed by atoms with E-state index in [2.05, 4.69) is 10.4 Å². The van der Waals surface area contributed by atoms with Gasteiger partial charge in [-0.25, -0.2) is 8.78 Å². The molecule has 2 aromatic rings. The van der Waals surface area contributed by atoms with Crippen molar-refractivity contribution in [2.75, 3.05) is 13.1 Å². The molecule has 1 aliphatic heterocycles. The predicted octanol–water partition coefficient (Wildman–Crippen LogP) is 2.58. The van der Waals surface area contributed by atoms with Crippen LogP contribution in [0, 0.1) is 0 Å². The summed E-state index contributed by atoms with van der Waals surface area (Å²) in [6.07, 6.45) is -4.47. The normalized spacial score (nSPS) is 21.4. The maximum Gasteiger partial charge on any atom is 0.408 e. The van der Waals surface area contributed by atoms with E-state index in [1.54, 1.807) is 0 Å². The standard InChI is InChI=1S/C13H12F5N3O/c14-12(15)6-19-5-11(12)22-9-2-1-8-4-20-21(10(8)3-9)7-13(16,17)18/h1-4,11,19H,5-7H2. The number of hydrogen-bond acceptors (Lipinski definition) is 3. The lowest BCUT2D eigenvalue weighted by molar-refractivity contribution is -0.141. The van der Waals surface area contributed by atoms with Crippen LogP contribution in [-0.2, 0) is 6.54 Å². The molecule has 120 valence electrons. The Hall–Kier alpha value is -1.90. The lowest BCUT2D eigenvalue weighted by Crippen LogP contribution is -2.36. The minimum Gasteiger partial charge on any atom is -0.483 e. The summed E-state index contributed by atoms with van der Waals surface area (Å²) >= 11 is 0. The summed E-state index contributed by atoms with van der Waals surface area (Å²) < 4.78 is 70.4. The van der Waals surface area contributed by atoms with Gasteiger partial charge in [0, 0.05) is 18.0 Å². The Labute approximate surface area is 121 Å². The maximum absolute atomic E-state index is 13.5. The van der Waals surface area contributed by atoms with Crippen molar-refractivity contribution in [1.29, 1.82) is 0 Å². The van der Waals surface area contributed by atoms with E-state index in [0.717, 1.165) is 4.68 Å². The summed E-state index contributed by atoms with van der Waals surface area (Å²) in [4.78, 5) is 0. The van der Waals surface area contributed by atoms with Crippen LogP contribution in [0.5, 0.6) is 5.75 Å². The van der Waals surface area contributed by atoms with Gasteiger partial charge in [-0.3, -0.25) is 4.68 Å². The Kier molecular flexibility index (Phi) is 3.47. The molecule has 3 rings (SSSR count). The largest absolute Gasteiger partial charge is 0.483 e. The fourth-order valence-electron chi connectivity index (χ4n) is 2.34. The van der Waals surface area contributed by atoms with Crippen LogP contribution < -0.4 is 10.1 Å². The predicted molar refractivity (Wildman–Crippen MR) is 68.0 cm³/mol. The van der Waals surface area contributed by atoms with Crippen LogP contribution in [0.3, 0.4) is 0 Å². The van der Waals surface area contributed by atoms with Crippen molar-refractivity contribution < 1.29 is 26.7 Å². The van der Waals surface area contributed by atoms with E-state index in [1.165, 1.54) is 24.4 Å². The molecule has 2 heterocycles. The van der Waals surface area contributed by atoms with Gasteiger partial charge < -0.3 is 10.1 Å². The maximum atomic E-state index is 13.5. The molecular formula is C13H12F5N3O. The average molecular weight is 321 g/mol. The van der Waals surface area contributed by atoms with Crippen molar-refractivity contribution >= 4 is 10.9 Å². The van der Waals surface area contributed by atoms with Crippen molar-refractivity contribution in [3.8, 4) is 5.75 Å². The molecule has 1 saturated heterocycles. The minimum absolute atomic E-state index is 0.0210. The van der Waals surface area contributed by atoms with Gasteiger partial charge in [-0.1, -0.05) is 0 Å². The number of nitrogens with zero attached hydrogens (tertiary/aromatic N) is 2. The van der Waals surface area contributed by atoms with E-state index < -0.39 is 31.3 Å². The van der Waals surface area contributed by atoms with Gasteiger partial charge in [0.15, 0.2) is 6.10 Å². The molecule has 0 aliphatic carbocycles. The van der Waals surface area contributed by atoms with E-state index in [1.807, 2.05) is 0 Å². The van der Waals surface area contributed by atoms with E-state index in [4.69, 9.17) is 4.74 Å². The van der Waals surface area contributed by atoms with Crippen LogP contribution in [-0.4, -0.2) is 41.1 Å². The van der Waals surface area contributed by atoms with E-state index >= 15 is 0 Å². The molecular weight excluding hydrogens is 309 g/mol. The lowest BCUT2D eigenvalue weighted by Gasteiger charge is -2.19. The molecule has 22 heavy (non-hydrogen) atoms. The summed E-state index contributed by atoms with van der Waals surface area (Å²) in [5.74, 6) is -2.92. The van der Waals surface area contributed by atoms with Crippen molar-refractivity contribution in [1.82, 2.24) is 15.1 Å². The van der Waals surface area contributed by atoms with Crippen LogP contribution in [0.2, 0.25) is 0 Å². The number of nitrogens with one attached hydrogen (secondary N) is 1. The van der Waals surface area contributed by atoms with Crippen molar-refractivity contribution in [2.24, 2.45) is 0 Å². The third-order valence-electron chi connectivity index (χ3n) is 3.39. The van der Waals surface area contributed by atoms with Gasteiger partial charge >= 0.3 is 6.18 Å². The van der Waals surface area contributed by atoms with Gasteiger partial charge in [0.25, 0.3) is 5.92 Å². The van der Waals surface area contributed by atoms with Gasteiger partial charge in [0.1, 0.15) is 12.3 Å². The molecule has 0 spiro atoms. The van der Waals surface area contributed by atoms with Crippen molar-refractivity contribution in [3.05, 3.63) is 24.4 Å². The number of aromatic nitrogens is 2. The van der Waals surface area contributed by atoms with Crippen LogP contribution in [0.15, 0.2) is 24.4 Å². The Balaban J connectivity index is 1.87. The van der Waals surface area contributed by atoms with Gasteiger partial charge in [-0.05, 0) is 12.1 Å². The second-order valence-corrected chi connectivity index (χ2v) is 5.14. The van der Waals surface area contributed by atoms with Crippen LogP contribution in [0.4, 0.5) is 22.0 Å². The number of halogens is 5. The van der Waals surface area contributed by atoms with Crippen LogP contribution in [0.1, 0.15) is 0 Å².